The third-order valence-electron chi connectivity index (χ3n) is 5.48. The van der Waals surface area contributed by atoms with E-state index < -0.39 is 21.9 Å². The van der Waals surface area contributed by atoms with E-state index in [0.29, 0.717) is 12.3 Å². The van der Waals surface area contributed by atoms with E-state index in [1.807, 2.05) is 20.8 Å². The average molecular weight is 302 g/mol. The molecule has 21 heavy (non-hydrogen) atoms. The minimum Gasteiger partial charge on any atom is -0.264 e. The first-order valence-corrected chi connectivity index (χ1v) is 7.65. The van der Waals surface area contributed by atoms with Crippen LogP contribution < -0.4 is 0 Å². The fourth-order valence-corrected chi connectivity index (χ4v) is 2.65. The zero-order chi connectivity index (χ0) is 17.0. The lowest BCUT2D eigenvalue weighted by molar-refractivity contribution is -0.620. The Bertz CT molecular complexity index is 378. The Balaban J connectivity index is 5.43. The maximum Gasteiger partial charge on any atom is 0.279 e. The molecule has 0 aromatic rings. The van der Waals surface area contributed by atoms with E-state index in [1.54, 1.807) is 0 Å². The normalized spacial score (nSPS) is 15.8. The van der Waals surface area contributed by atoms with Gasteiger partial charge in [-0.1, -0.05) is 48.5 Å². The van der Waals surface area contributed by atoms with Gasteiger partial charge in [-0.05, 0) is 23.2 Å². The van der Waals surface area contributed by atoms with Gasteiger partial charge < -0.3 is 0 Å². The maximum atomic E-state index is 11.4. The maximum absolute atomic E-state index is 11.4. The second kappa shape index (κ2) is 7.18. The van der Waals surface area contributed by atoms with Crippen LogP contribution in [-0.4, -0.2) is 21.9 Å². The van der Waals surface area contributed by atoms with Crippen molar-refractivity contribution in [2.45, 2.75) is 79.8 Å². The molecule has 0 aromatic carbocycles. The van der Waals surface area contributed by atoms with E-state index >= 15 is 0 Å². The molecule has 0 aliphatic carbocycles. The molecule has 0 saturated carbocycles. The lowest BCUT2D eigenvalue weighted by atomic mass is 9.59. The van der Waals surface area contributed by atoms with Gasteiger partial charge in [0.1, 0.15) is 0 Å². The zero-order valence-corrected chi connectivity index (χ0v) is 14.4. The predicted molar refractivity (Wildman–Crippen MR) is 83.5 cm³/mol. The smallest absolute Gasteiger partial charge is 0.264 e. The van der Waals surface area contributed by atoms with E-state index in [0.717, 1.165) is 0 Å². The highest BCUT2D eigenvalue weighted by atomic mass is 16.6. The fourth-order valence-electron chi connectivity index (χ4n) is 2.65. The summed E-state index contributed by atoms with van der Waals surface area (Å²) in [5.74, 6) is 0.333. The summed E-state index contributed by atoms with van der Waals surface area (Å²) < 4.78 is 0. The molecule has 6 heteroatoms. The van der Waals surface area contributed by atoms with E-state index in [4.69, 9.17) is 0 Å². The molecule has 2 atom stereocenters. The third-order valence-corrected chi connectivity index (χ3v) is 5.48. The molecule has 124 valence electrons. The standard InChI is InChI=1S/C15H30N2O4/c1-8-9-12(16(18)19)13(17(20)21)10-14(4,5)15(6,7)11(2)3/h11-13H,8-10H2,1-7H3. The third kappa shape index (κ3) is 4.64. The Kier molecular flexibility index (Phi) is 6.77. The van der Waals surface area contributed by atoms with Gasteiger partial charge in [0.05, 0.1) is 0 Å². The fraction of sp³-hybridized carbons (Fsp3) is 1.00. The number of rotatable bonds is 9. The van der Waals surface area contributed by atoms with E-state index in [-0.39, 0.29) is 23.7 Å². The topological polar surface area (TPSA) is 86.3 Å². The summed E-state index contributed by atoms with van der Waals surface area (Å²) in [7, 11) is 0. The molecule has 6 nitrogen and oxygen atoms in total. The van der Waals surface area contributed by atoms with Crippen molar-refractivity contribution in [3.63, 3.8) is 0 Å². The second-order valence-electron chi connectivity index (χ2n) is 7.46. The Morgan fingerprint density at radius 2 is 1.38 bits per heavy atom. The van der Waals surface area contributed by atoms with Gasteiger partial charge in [0.15, 0.2) is 0 Å². The van der Waals surface area contributed by atoms with Crippen LogP contribution in [0.4, 0.5) is 0 Å². The van der Waals surface area contributed by atoms with E-state index in [1.165, 1.54) is 0 Å². The van der Waals surface area contributed by atoms with Gasteiger partial charge in [-0.3, -0.25) is 20.2 Å². The van der Waals surface area contributed by atoms with Crippen LogP contribution in [0.25, 0.3) is 0 Å². The Morgan fingerprint density at radius 3 is 1.67 bits per heavy atom. The zero-order valence-electron chi connectivity index (χ0n) is 14.4. The van der Waals surface area contributed by atoms with Crippen molar-refractivity contribution in [1.29, 1.82) is 0 Å². The molecule has 0 aliphatic heterocycles. The first kappa shape index (κ1) is 19.8. The molecule has 0 saturated heterocycles. The van der Waals surface area contributed by atoms with Crippen molar-refractivity contribution < 1.29 is 9.85 Å². The molecular weight excluding hydrogens is 272 g/mol. The lowest BCUT2D eigenvalue weighted by Gasteiger charge is -2.45. The SMILES string of the molecule is CCCC(C(CC(C)(C)C(C)(C)C(C)C)[N+](=O)[O-])[N+](=O)[O-]. The Morgan fingerprint density at radius 1 is 0.952 bits per heavy atom. The van der Waals surface area contributed by atoms with Crippen molar-refractivity contribution in [2.75, 3.05) is 0 Å². The largest absolute Gasteiger partial charge is 0.279 e. The molecule has 0 aromatic heterocycles. The first-order chi connectivity index (χ1) is 9.38. The molecule has 0 heterocycles. The monoisotopic (exact) mass is 302 g/mol. The number of nitrogens with zero attached hydrogens (tertiary/aromatic N) is 2. The number of hydrogen-bond donors (Lipinski definition) is 0. The molecule has 0 N–H and O–H groups in total. The molecule has 0 bridgehead atoms. The van der Waals surface area contributed by atoms with Crippen molar-refractivity contribution in [2.24, 2.45) is 16.7 Å². The highest BCUT2D eigenvalue weighted by Gasteiger charge is 2.49. The molecule has 0 fully saturated rings. The summed E-state index contributed by atoms with van der Waals surface area (Å²) in [6, 6.07) is -2.24. The van der Waals surface area contributed by atoms with E-state index in [2.05, 4.69) is 27.7 Å². The minimum absolute atomic E-state index is 0.144. The number of hydrogen-bond acceptors (Lipinski definition) is 4. The Labute approximate surface area is 127 Å². The van der Waals surface area contributed by atoms with Crippen LogP contribution in [0.5, 0.6) is 0 Å². The molecular formula is C15H30N2O4. The van der Waals surface area contributed by atoms with Crippen LogP contribution in [0.2, 0.25) is 0 Å². The van der Waals surface area contributed by atoms with Gasteiger partial charge in [-0.2, -0.15) is 0 Å². The van der Waals surface area contributed by atoms with Gasteiger partial charge in [-0.25, -0.2) is 0 Å². The van der Waals surface area contributed by atoms with E-state index in [9.17, 15) is 20.2 Å². The van der Waals surface area contributed by atoms with Gasteiger partial charge >= 0.3 is 0 Å². The van der Waals surface area contributed by atoms with Crippen molar-refractivity contribution in [1.82, 2.24) is 0 Å². The minimum atomic E-state index is -1.13. The van der Waals surface area contributed by atoms with Crippen molar-refractivity contribution in [3.8, 4) is 0 Å². The van der Waals surface area contributed by atoms with Crippen LogP contribution in [0.1, 0.15) is 67.7 Å². The quantitative estimate of drug-likeness (QED) is 0.472. The molecule has 0 radical (unpaired) electrons. The molecule has 0 spiro atoms. The van der Waals surface area contributed by atoms with Crippen LogP contribution in [0, 0.1) is 37.0 Å². The van der Waals surface area contributed by atoms with Crippen molar-refractivity contribution >= 4 is 0 Å². The van der Waals surface area contributed by atoms with Crippen LogP contribution >= 0.6 is 0 Å². The molecule has 0 rings (SSSR count). The van der Waals surface area contributed by atoms with Crippen LogP contribution in [0.15, 0.2) is 0 Å². The molecule has 2 unspecified atom stereocenters. The van der Waals surface area contributed by atoms with Crippen LogP contribution in [-0.2, 0) is 0 Å². The van der Waals surface area contributed by atoms with Crippen molar-refractivity contribution in [3.05, 3.63) is 20.2 Å². The van der Waals surface area contributed by atoms with Gasteiger partial charge in [0.2, 0.25) is 0 Å². The first-order valence-electron chi connectivity index (χ1n) is 7.65. The number of nitro groups is 2. The summed E-state index contributed by atoms with van der Waals surface area (Å²) in [5.41, 5.74) is -0.504. The highest BCUT2D eigenvalue weighted by Crippen LogP contribution is 2.47. The summed E-state index contributed by atoms with van der Waals surface area (Å²) in [6.07, 6.45) is 1.04. The summed E-state index contributed by atoms with van der Waals surface area (Å²) >= 11 is 0. The van der Waals surface area contributed by atoms with Gasteiger partial charge in [0, 0.05) is 22.7 Å². The van der Waals surface area contributed by atoms with Gasteiger partial charge in [-0.15, -0.1) is 0 Å². The molecule has 0 aliphatic rings. The van der Waals surface area contributed by atoms with Crippen LogP contribution in [0.3, 0.4) is 0 Å². The lowest BCUT2D eigenvalue weighted by Crippen LogP contribution is -2.47. The summed E-state index contributed by atoms with van der Waals surface area (Å²) in [6.45, 7) is 14.1. The molecule has 0 amide bonds. The highest BCUT2D eigenvalue weighted by molar-refractivity contribution is 4.91. The average Bonchev–Trinajstić information content (AvgIpc) is 2.32. The Hall–Kier alpha value is -1.20. The second-order valence-corrected chi connectivity index (χ2v) is 7.46. The predicted octanol–water partition coefficient (Wildman–Crippen LogP) is 4.18. The summed E-state index contributed by atoms with van der Waals surface area (Å²) in [5, 5.41) is 22.6. The van der Waals surface area contributed by atoms with Gasteiger partial charge in [0.25, 0.3) is 12.1 Å². The summed E-state index contributed by atoms with van der Waals surface area (Å²) in [4.78, 5) is 21.7.